The highest BCUT2D eigenvalue weighted by Gasteiger charge is 2.47. The number of hydrogen-bond acceptors (Lipinski definition) is 6. The number of aryl methyl sites for hydroxylation is 1. The summed E-state index contributed by atoms with van der Waals surface area (Å²) in [6, 6.07) is 5.37. The largest absolute Gasteiger partial charge is 0.465 e. The third-order valence-electron chi connectivity index (χ3n) is 6.66. The second-order valence-electron chi connectivity index (χ2n) is 8.69. The van der Waals surface area contributed by atoms with Crippen molar-refractivity contribution in [3.63, 3.8) is 0 Å². The number of benzene rings is 1. The van der Waals surface area contributed by atoms with Crippen molar-refractivity contribution < 1.29 is 33.1 Å². The van der Waals surface area contributed by atoms with E-state index in [4.69, 9.17) is 5.11 Å². The molecule has 0 radical (unpaired) electrons. The monoisotopic (exact) mass is 494 g/mol. The van der Waals surface area contributed by atoms with Crippen LogP contribution in [0.2, 0.25) is 0 Å². The lowest BCUT2D eigenvalue weighted by atomic mass is 9.79. The molecule has 186 valence electrons. The highest BCUT2D eigenvalue weighted by molar-refractivity contribution is 7.89. The maximum absolute atomic E-state index is 13.2. The van der Waals surface area contributed by atoms with Crippen LogP contribution < -0.4 is 10.8 Å². The molecule has 12 heteroatoms. The molecule has 1 saturated heterocycles. The van der Waals surface area contributed by atoms with Crippen LogP contribution >= 0.6 is 0 Å². The average molecular weight is 495 g/mol. The standard InChI is InChI=1S/C22H30N4O7S/c1-15-13-17(19(27)23-2)3-4-18(15)16-5-9-26(10-6-16)34(32,33)14-22(20(28)24-31)7-11-25(12-8-22)21(29)30/h3-5,13,31H,6-12,14H2,1-2H3,(H,23,27)(H,24,28)(H,29,30). The summed E-state index contributed by atoms with van der Waals surface area (Å²) in [5.74, 6) is -1.51. The zero-order valence-electron chi connectivity index (χ0n) is 19.2. The zero-order chi connectivity index (χ0) is 25.1. The van der Waals surface area contributed by atoms with Crippen LogP contribution in [0.5, 0.6) is 0 Å². The van der Waals surface area contributed by atoms with Crippen LogP contribution in [0.15, 0.2) is 24.3 Å². The maximum Gasteiger partial charge on any atom is 0.407 e. The minimum absolute atomic E-state index is 0.00324. The van der Waals surface area contributed by atoms with E-state index in [0.29, 0.717) is 12.0 Å². The number of likely N-dealkylation sites (tertiary alicyclic amines) is 1. The number of nitrogens with zero attached hydrogens (tertiary/aromatic N) is 2. The van der Waals surface area contributed by atoms with E-state index in [0.717, 1.165) is 21.6 Å². The topological polar surface area (TPSA) is 156 Å². The Morgan fingerprint density at radius 3 is 2.32 bits per heavy atom. The summed E-state index contributed by atoms with van der Waals surface area (Å²) in [4.78, 5) is 36.6. The lowest BCUT2D eigenvalue weighted by Gasteiger charge is -2.40. The molecule has 0 spiro atoms. The Balaban J connectivity index is 1.75. The van der Waals surface area contributed by atoms with Crippen molar-refractivity contribution in [2.24, 2.45) is 5.41 Å². The summed E-state index contributed by atoms with van der Waals surface area (Å²) in [6.07, 6.45) is 1.15. The first-order valence-corrected chi connectivity index (χ1v) is 12.6. The Morgan fingerprint density at radius 1 is 1.15 bits per heavy atom. The van der Waals surface area contributed by atoms with Gasteiger partial charge in [-0.2, -0.15) is 4.31 Å². The van der Waals surface area contributed by atoms with Gasteiger partial charge < -0.3 is 15.3 Å². The molecule has 0 aliphatic carbocycles. The maximum atomic E-state index is 13.2. The second kappa shape index (κ2) is 10.1. The van der Waals surface area contributed by atoms with Crippen LogP contribution in [0.4, 0.5) is 4.79 Å². The molecule has 34 heavy (non-hydrogen) atoms. The lowest BCUT2D eigenvalue weighted by molar-refractivity contribution is -0.141. The summed E-state index contributed by atoms with van der Waals surface area (Å²) in [5, 5.41) is 21.0. The van der Waals surface area contributed by atoms with E-state index in [1.54, 1.807) is 24.7 Å². The van der Waals surface area contributed by atoms with Gasteiger partial charge >= 0.3 is 6.09 Å². The number of nitrogens with one attached hydrogen (secondary N) is 2. The van der Waals surface area contributed by atoms with Crippen molar-refractivity contribution in [3.05, 3.63) is 41.0 Å². The summed E-state index contributed by atoms with van der Waals surface area (Å²) in [5.41, 5.74) is 3.54. The molecule has 3 rings (SSSR count). The van der Waals surface area contributed by atoms with Gasteiger partial charge in [-0.15, -0.1) is 0 Å². The molecule has 2 aliphatic heterocycles. The van der Waals surface area contributed by atoms with Crippen molar-refractivity contribution in [3.8, 4) is 0 Å². The third-order valence-corrected chi connectivity index (χ3v) is 8.70. The SMILES string of the molecule is CNC(=O)c1ccc(C2=CCN(S(=O)(=O)CC3(C(=O)NO)CCN(C(=O)O)CC3)CC2)c(C)c1. The molecule has 0 bridgehead atoms. The van der Waals surface area contributed by atoms with Gasteiger partial charge in [-0.1, -0.05) is 12.1 Å². The highest BCUT2D eigenvalue weighted by atomic mass is 32.2. The van der Waals surface area contributed by atoms with Gasteiger partial charge in [0.1, 0.15) is 0 Å². The van der Waals surface area contributed by atoms with Crippen molar-refractivity contribution >= 4 is 33.5 Å². The predicted molar refractivity (Wildman–Crippen MR) is 124 cm³/mol. The fourth-order valence-corrected chi connectivity index (χ4v) is 6.55. The molecule has 0 unspecified atom stereocenters. The van der Waals surface area contributed by atoms with E-state index in [9.17, 15) is 28.0 Å². The van der Waals surface area contributed by atoms with E-state index < -0.39 is 33.2 Å². The first-order valence-electron chi connectivity index (χ1n) is 11.0. The number of carbonyl (C=O) groups excluding carboxylic acids is 2. The molecule has 1 fully saturated rings. The first-order chi connectivity index (χ1) is 16.0. The third kappa shape index (κ3) is 5.24. The van der Waals surface area contributed by atoms with Crippen LogP contribution in [0, 0.1) is 12.3 Å². The first kappa shape index (κ1) is 25.7. The molecular formula is C22H30N4O7S. The molecule has 2 aliphatic rings. The number of hydrogen-bond donors (Lipinski definition) is 4. The molecule has 3 amide bonds. The van der Waals surface area contributed by atoms with Gasteiger partial charge in [0.2, 0.25) is 10.0 Å². The molecule has 11 nitrogen and oxygen atoms in total. The Labute approximate surface area is 198 Å². The van der Waals surface area contributed by atoms with E-state index in [2.05, 4.69) is 5.32 Å². The number of sulfonamides is 1. The van der Waals surface area contributed by atoms with E-state index in [1.807, 2.05) is 19.1 Å². The Hall–Kier alpha value is -2.96. The van der Waals surface area contributed by atoms with Crippen molar-refractivity contribution in [2.75, 3.05) is 39.0 Å². The van der Waals surface area contributed by atoms with Crippen LogP contribution in [0.1, 0.15) is 40.7 Å². The van der Waals surface area contributed by atoms with E-state index in [-0.39, 0.29) is 44.9 Å². The molecule has 2 heterocycles. The number of amides is 3. The number of piperidine rings is 1. The molecule has 1 aromatic carbocycles. The molecule has 1 aromatic rings. The smallest absolute Gasteiger partial charge is 0.407 e. The fourth-order valence-electron chi connectivity index (χ4n) is 4.58. The van der Waals surface area contributed by atoms with Gasteiger partial charge in [0.25, 0.3) is 11.8 Å². The van der Waals surface area contributed by atoms with E-state index >= 15 is 0 Å². The number of carboxylic acid groups (broad SMARTS) is 1. The Bertz CT molecular complexity index is 1110. The Kier molecular flexibility index (Phi) is 7.64. The van der Waals surface area contributed by atoms with Crippen molar-refractivity contribution in [2.45, 2.75) is 26.2 Å². The predicted octanol–water partition coefficient (Wildman–Crippen LogP) is 1.04. The normalized spacial score (nSPS) is 18.7. The van der Waals surface area contributed by atoms with Gasteiger partial charge in [0.05, 0.1) is 11.2 Å². The van der Waals surface area contributed by atoms with Crippen LogP contribution in [-0.4, -0.2) is 84.8 Å². The minimum Gasteiger partial charge on any atom is -0.465 e. The summed E-state index contributed by atoms with van der Waals surface area (Å²) >= 11 is 0. The fraction of sp³-hybridized carbons (Fsp3) is 0.500. The van der Waals surface area contributed by atoms with Crippen LogP contribution in [0.3, 0.4) is 0 Å². The Morgan fingerprint density at radius 2 is 1.82 bits per heavy atom. The lowest BCUT2D eigenvalue weighted by Crippen LogP contribution is -2.54. The number of carbonyl (C=O) groups is 3. The van der Waals surface area contributed by atoms with Crippen molar-refractivity contribution in [1.82, 2.24) is 20.0 Å². The second-order valence-corrected chi connectivity index (χ2v) is 10.7. The summed E-state index contributed by atoms with van der Waals surface area (Å²) < 4.78 is 27.7. The van der Waals surface area contributed by atoms with Gasteiger partial charge in [-0.05, 0) is 55.0 Å². The van der Waals surface area contributed by atoms with Gasteiger partial charge in [0.15, 0.2) is 0 Å². The van der Waals surface area contributed by atoms with Crippen LogP contribution in [-0.2, 0) is 14.8 Å². The molecule has 0 saturated carbocycles. The average Bonchev–Trinajstić information content (AvgIpc) is 2.83. The van der Waals surface area contributed by atoms with E-state index in [1.165, 1.54) is 4.31 Å². The van der Waals surface area contributed by atoms with Crippen molar-refractivity contribution in [1.29, 1.82) is 0 Å². The van der Waals surface area contributed by atoms with Gasteiger partial charge in [0, 0.05) is 38.8 Å². The highest BCUT2D eigenvalue weighted by Crippen LogP contribution is 2.35. The van der Waals surface area contributed by atoms with Gasteiger partial charge in [-0.25, -0.2) is 18.7 Å². The number of hydroxylamine groups is 1. The molecule has 4 N–H and O–H groups in total. The quantitative estimate of drug-likeness (QED) is 0.340. The van der Waals surface area contributed by atoms with Crippen LogP contribution in [0.25, 0.3) is 5.57 Å². The van der Waals surface area contributed by atoms with Gasteiger partial charge in [-0.3, -0.25) is 14.8 Å². The molecule has 0 aromatic heterocycles. The molecular weight excluding hydrogens is 464 g/mol. The summed E-state index contributed by atoms with van der Waals surface area (Å²) in [7, 11) is -2.31. The zero-order valence-corrected chi connectivity index (χ0v) is 20.0. The number of rotatable bonds is 6. The summed E-state index contributed by atoms with van der Waals surface area (Å²) in [6.45, 7) is 2.27. The minimum atomic E-state index is -3.87. The molecule has 0 atom stereocenters.